The van der Waals surface area contributed by atoms with Crippen molar-refractivity contribution in [2.45, 2.75) is 19.9 Å². The third kappa shape index (κ3) is 1.48. The molecule has 4 heteroatoms. The zero-order valence-electron chi connectivity index (χ0n) is 8.65. The van der Waals surface area contributed by atoms with E-state index in [-0.39, 0.29) is 11.3 Å². The molecule has 2 rings (SSSR count). The SMILES string of the molecule is CC(=O)C(C)n1ccc2cc[nH]c2c1=O. The fourth-order valence-electron chi connectivity index (χ4n) is 1.56. The Balaban J connectivity index is 2.67. The van der Waals surface area contributed by atoms with Crippen molar-refractivity contribution in [2.24, 2.45) is 0 Å². The summed E-state index contributed by atoms with van der Waals surface area (Å²) in [5.74, 6) is -0.0250. The molecule has 1 atom stereocenters. The van der Waals surface area contributed by atoms with Gasteiger partial charge in [-0.05, 0) is 26.0 Å². The van der Waals surface area contributed by atoms with Gasteiger partial charge in [0.1, 0.15) is 5.52 Å². The molecule has 0 aliphatic carbocycles. The molecule has 0 aliphatic rings. The molecule has 0 bridgehead atoms. The van der Waals surface area contributed by atoms with Crippen molar-refractivity contribution in [1.82, 2.24) is 9.55 Å². The zero-order chi connectivity index (χ0) is 11.0. The van der Waals surface area contributed by atoms with E-state index in [1.807, 2.05) is 12.1 Å². The smallest absolute Gasteiger partial charge is 0.275 e. The van der Waals surface area contributed by atoms with Gasteiger partial charge in [-0.1, -0.05) is 0 Å². The van der Waals surface area contributed by atoms with Crippen molar-refractivity contribution in [3.05, 3.63) is 34.9 Å². The predicted octanol–water partition coefficient (Wildman–Crippen LogP) is 1.48. The number of rotatable bonds is 2. The summed E-state index contributed by atoms with van der Waals surface area (Å²) in [7, 11) is 0. The highest BCUT2D eigenvalue weighted by Crippen LogP contribution is 2.10. The average Bonchev–Trinajstić information content (AvgIpc) is 2.66. The van der Waals surface area contributed by atoms with Gasteiger partial charge in [0.05, 0.1) is 6.04 Å². The van der Waals surface area contributed by atoms with Crippen LogP contribution in [0.3, 0.4) is 0 Å². The first kappa shape index (κ1) is 9.71. The largest absolute Gasteiger partial charge is 0.357 e. The highest BCUT2D eigenvalue weighted by atomic mass is 16.1. The molecule has 2 heterocycles. The van der Waals surface area contributed by atoms with Gasteiger partial charge < -0.3 is 9.55 Å². The normalized spacial score (nSPS) is 12.9. The maximum absolute atomic E-state index is 11.9. The number of pyridine rings is 1. The maximum Gasteiger partial charge on any atom is 0.275 e. The summed E-state index contributed by atoms with van der Waals surface area (Å²) in [6.45, 7) is 3.20. The molecule has 1 N–H and O–H groups in total. The van der Waals surface area contributed by atoms with Crippen LogP contribution in [0.2, 0.25) is 0 Å². The third-order valence-corrected chi connectivity index (χ3v) is 2.65. The number of nitrogens with zero attached hydrogens (tertiary/aromatic N) is 1. The van der Waals surface area contributed by atoms with Gasteiger partial charge in [-0.15, -0.1) is 0 Å². The Bertz CT molecular complexity index is 565. The van der Waals surface area contributed by atoms with E-state index < -0.39 is 6.04 Å². The number of H-pyrrole nitrogens is 1. The summed E-state index contributed by atoms with van der Waals surface area (Å²) in [6, 6.07) is 3.25. The number of carbonyl (C=O) groups is 1. The molecule has 0 fully saturated rings. The van der Waals surface area contributed by atoms with E-state index in [1.165, 1.54) is 11.5 Å². The van der Waals surface area contributed by atoms with Gasteiger partial charge in [0.15, 0.2) is 5.78 Å². The lowest BCUT2D eigenvalue weighted by molar-refractivity contribution is -0.119. The van der Waals surface area contributed by atoms with Crippen molar-refractivity contribution >= 4 is 16.7 Å². The van der Waals surface area contributed by atoms with Gasteiger partial charge in [-0.3, -0.25) is 9.59 Å². The number of hydrogen-bond acceptors (Lipinski definition) is 2. The van der Waals surface area contributed by atoms with E-state index in [0.717, 1.165) is 5.39 Å². The lowest BCUT2D eigenvalue weighted by atomic mass is 10.2. The van der Waals surface area contributed by atoms with Crippen molar-refractivity contribution in [1.29, 1.82) is 0 Å². The molecule has 0 radical (unpaired) electrons. The van der Waals surface area contributed by atoms with Gasteiger partial charge in [0.2, 0.25) is 0 Å². The summed E-state index contributed by atoms with van der Waals surface area (Å²) in [6.07, 6.45) is 3.37. The Labute approximate surface area is 86.5 Å². The summed E-state index contributed by atoms with van der Waals surface area (Å²) >= 11 is 0. The minimum Gasteiger partial charge on any atom is -0.357 e. The predicted molar refractivity (Wildman–Crippen MR) is 58.0 cm³/mol. The lowest BCUT2D eigenvalue weighted by Crippen LogP contribution is -2.26. The van der Waals surface area contributed by atoms with E-state index in [2.05, 4.69) is 4.98 Å². The first-order valence-electron chi connectivity index (χ1n) is 4.80. The number of ketones is 1. The minimum absolute atomic E-state index is 0.0250. The first-order valence-corrected chi connectivity index (χ1v) is 4.80. The van der Waals surface area contributed by atoms with Crippen molar-refractivity contribution in [3.8, 4) is 0 Å². The fraction of sp³-hybridized carbons (Fsp3) is 0.273. The number of aromatic nitrogens is 2. The second-order valence-electron chi connectivity index (χ2n) is 3.62. The zero-order valence-corrected chi connectivity index (χ0v) is 8.65. The van der Waals surface area contributed by atoms with Gasteiger partial charge >= 0.3 is 0 Å². The van der Waals surface area contributed by atoms with Gasteiger partial charge in [-0.25, -0.2) is 0 Å². The summed E-state index contributed by atoms with van der Waals surface area (Å²) in [4.78, 5) is 26.0. The molecule has 0 amide bonds. The highest BCUT2D eigenvalue weighted by Gasteiger charge is 2.12. The molecular formula is C11H12N2O2. The molecule has 78 valence electrons. The Morgan fingerprint density at radius 2 is 2.20 bits per heavy atom. The van der Waals surface area contributed by atoms with Crippen LogP contribution in [0.4, 0.5) is 0 Å². The van der Waals surface area contributed by atoms with Gasteiger partial charge in [0, 0.05) is 17.8 Å². The fourth-order valence-corrected chi connectivity index (χ4v) is 1.56. The minimum atomic E-state index is -0.412. The van der Waals surface area contributed by atoms with Crippen LogP contribution in [0.25, 0.3) is 10.9 Å². The number of Topliss-reactive ketones (excluding diaryl/α,β-unsaturated/α-hetero) is 1. The topological polar surface area (TPSA) is 54.9 Å². The average molecular weight is 204 g/mol. The van der Waals surface area contributed by atoms with Crippen molar-refractivity contribution in [2.75, 3.05) is 0 Å². The molecule has 4 nitrogen and oxygen atoms in total. The Morgan fingerprint density at radius 3 is 2.87 bits per heavy atom. The molecule has 0 aliphatic heterocycles. The monoisotopic (exact) mass is 204 g/mol. The van der Waals surface area contributed by atoms with Crippen molar-refractivity contribution in [3.63, 3.8) is 0 Å². The number of hydrogen-bond donors (Lipinski definition) is 1. The van der Waals surface area contributed by atoms with Crippen LogP contribution in [-0.4, -0.2) is 15.3 Å². The Morgan fingerprint density at radius 1 is 1.47 bits per heavy atom. The molecule has 2 aromatic heterocycles. The standard InChI is InChI=1S/C11H12N2O2/c1-7(8(2)14)13-6-4-9-3-5-12-10(9)11(13)15/h3-7,12H,1-2H3. The van der Waals surface area contributed by atoms with E-state index in [0.29, 0.717) is 5.52 Å². The number of carbonyl (C=O) groups excluding carboxylic acids is 1. The van der Waals surface area contributed by atoms with E-state index in [9.17, 15) is 9.59 Å². The molecule has 15 heavy (non-hydrogen) atoms. The van der Waals surface area contributed by atoms with Crippen molar-refractivity contribution < 1.29 is 4.79 Å². The van der Waals surface area contributed by atoms with Gasteiger partial charge in [0.25, 0.3) is 5.56 Å². The lowest BCUT2D eigenvalue weighted by Gasteiger charge is -2.11. The number of fused-ring (bicyclic) bond motifs is 1. The van der Waals surface area contributed by atoms with Crippen LogP contribution in [0.15, 0.2) is 29.3 Å². The van der Waals surface area contributed by atoms with Gasteiger partial charge in [-0.2, -0.15) is 0 Å². The van der Waals surface area contributed by atoms with E-state index in [1.54, 1.807) is 19.3 Å². The summed E-state index contributed by atoms with van der Waals surface area (Å²) in [5, 5.41) is 0.868. The van der Waals surface area contributed by atoms with Crippen LogP contribution in [0.5, 0.6) is 0 Å². The first-order chi connectivity index (χ1) is 7.11. The Hall–Kier alpha value is -1.84. The number of nitrogens with one attached hydrogen (secondary N) is 1. The van der Waals surface area contributed by atoms with Crippen LogP contribution in [-0.2, 0) is 4.79 Å². The molecule has 0 aromatic carbocycles. The second kappa shape index (κ2) is 3.38. The highest BCUT2D eigenvalue weighted by molar-refractivity contribution is 5.81. The van der Waals surface area contributed by atoms with Crippen LogP contribution >= 0.6 is 0 Å². The van der Waals surface area contributed by atoms with Crippen LogP contribution < -0.4 is 5.56 Å². The van der Waals surface area contributed by atoms with E-state index in [4.69, 9.17) is 0 Å². The molecular weight excluding hydrogens is 192 g/mol. The molecule has 0 saturated heterocycles. The summed E-state index contributed by atoms with van der Waals surface area (Å²) < 4.78 is 1.45. The van der Waals surface area contributed by atoms with Crippen LogP contribution in [0.1, 0.15) is 19.9 Å². The molecule has 2 aromatic rings. The summed E-state index contributed by atoms with van der Waals surface area (Å²) in [5.41, 5.74) is 0.394. The molecule has 0 saturated carbocycles. The third-order valence-electron chi connectivity index (χ3n) is 2.65. The maximum atomic E-state index is 11.9. The quantitative estimate of drug-likeness (QED) is 0.805. The number of aromatic amines is 1. The second-order valence-corrected chi connectivity index (χ2v) is 3.62. The molecule has 0 spiro atoms. The van der Waals surface area contributed by atoms with E-state index >= 15 is 0 Å². The molecule has 1 unspecified atom stereocenters. The Kier molecular flexibility index (Phi) is 2.19. The van der Waals surface area contributed by atoms with Crippen LogP contribution in [0, 0.1) is 0 Å².